The first-order valence-corrected chi connectivity index (χ1v) is 26.2. The summed E-state index contributed by atoms with van der Waals surface area (Å²) in [5.41, 5.74) is 10.5. The van der Waals surface area contributed by atoms with E-state index in [0.29, 0.717) is 16.9 Å². The molecule has 11 aromatic rings. The van der Waals surface area contributed by atoms with E-state index in [4.69, 9.17) is 29.7 Å². The average Bonchev–Trinajstić information content (AvgIpc) is 4.16. The normalized spacial score (nSPS) is 10.2. The molecule has 0 saturated heterocycles. The van der Waals surface area contributed by atoms with Crippen LogP contribution in [0.3, 0.4) is 0 Å². The Hall–Kier alpha value is -7.55. The number of nitrogens with one attached hydrogen (secondary N) is 1. The second kappa shape index (κ2) is 28.8. The molecule has 4 N–H and O–H groups in total. The fourth-order valence-electron chi connectivity index (χ4n) is 7.30. The fourth-order valence-corrected chi connectivity index (χ4v) is 8.33. The molecule has 0 spiro atoms. The van der Waals surface area contributed by atoms with Crippen LogP contribution in [0.25, 0.3) is 66.7 Å². The summed E-state index contributed by atoms with van der Waals surface area (Å²) in [4.78, 5) is 25.6. The van der Waals surface area contributed by atoms with Crippen LogP contribution in [0, 0.1) is 22.8 Å². The van der Waals surface area contributed by atoms with Crippen molar-refractivity contribution in [3.05, 3.63) is 218 Å². The van der Waals surface area contributed by atoms with E-state index in [1.165, 1.54) is 5.56 Å². The van der Waals surface area contributed by atoms with Crippen molar-refractivity contribution in [3.8, 4) is 51.5 Å². The van der Waals surface area contributed by atoms with Crippen LogP contribution in [-0.2, 0) is 19.3 Å². The molecule has 14 heteroatoms. The van der Waals surface area contributed by atoms with Crippen LogP contribution in [-0.4, -0.2) is 42.2 Å². The van der Waals surface area contributed by atoms with Gasteiger partial charge in [-0.1, -0.05) is 118 Å². The summed E-state index contributed by atoms with van der Waals surface area (Å²) in [7, 11) is -1.40. The van der Waals surface area contributed by atoms with Crippen molar-refractivity contribution in [2.24, 2.45) is 0 Å². The predicted molar refractivity (Wildman–Crippen MR) is 316 cm³/mol. The summed E-state index contributed by atoms with van der Waals surface area (Å²) in [6, 6.07) is 48.5. The van der Waals surface area contributed by atoms with E-state index in [1.54, 1.807) is 61.2 Å². The number of terminal acetylenes is 1. The van der Waals surface area contributed by atoms with Crippen molar-refractivity contribution in [2.45, 2.75) is 60.3 Å². The Balaban J connectivity index is 0.000000157. The third-order valence-corrected chi connectivity index (χ3v) is 13.0. The number of pyridine rings is 4. The molecule has 7 heterocycles. The van der Waals surface area contributed by atoms with Crippen LogP contribution >= 0.6 is 38.5 Å². The number of furan rings is 3. The first kappa shape index (κ1) is 56.7. The number of aromatic nitrogens is 4. The Bertz CT molecular complexity index is 3570. The second-order valence-corrected chi connectivity index (χ2v) is 18.5. The number of rotatable bonds is 7. The smallest absolute Gasteiger partial charge is 0.488 e. The van der Waals surface area contributed by atoms with Crippen molar-refractivity contribution in [3.63, 3.8) is 0 Å². The number of H-pyrrole nitrogens is 1. The molecule has 0 amide bonds. The summed E-state index contributed by atoms with van der Waals surface area (Å²) < 4.78 is 18.6. The van der Waals surface area contributed by atoms with E-state index >= 15 is 0 Å². The summed E-state index contributed by atoms with van der Waals surface area (Å²) in [6.45, 7) is 10.2. The molecular weight excluding hydrogens is 1120 g/mol. The van der Waals surface area contributed by atoms with Gasteiger partial charge in [0.05, 0.1) is 13.4 Å². The summed E-state index contributed by atoms with van der Waals surface area (Å²) in [6.07, 6.45) is 15.1. The standard InChI is InChI=1S/C21H17NO2.C13H13BO2.C9H8BrNO.C9H9NO.C5H4INO.C4H6/c1-2-19-20(18-4-3-13-22-21(18)24-19)16-7-5-14(6-8-16)15-9-11-17(23)12-10-15;1-10-2-4-11(5-3-10)12-6-8-13(9-7-12)14(15)16;1-2-7-8(10)6-4-3-5-11-9(6)12-7;1-2-8-6-7-4-3-5-10-9(7)11-8;6-4-2-1-3-7-5(4)8;1-3-4-2/h3-13,23H,2H2,1H3;2-9,15-16H,1H3;3-5H,2H2,1H3;3-6H,2H2,1H3;1-3H,(H,7,8);1H,4H2,2H3. The molecule has 0 aliphatic heterocycles. The zero-order valence-corrected chi connectivity index (χ0v) is 46.0. The van der Waals surface area contributed by atoms with E-state index in [2.05, 4.69) is 118 Å². The third-order valence-electron chi connectivity index (χ3n) is 11.3. The lowest BCUT2D eigenvalue weighted by Crippen LogP contribution is -2.29. The summed E-state index contributed by atoms with van der Waals surface area (Å²) in [5.74, 6) is 5.63. The summed E-state index contributed by atoms with van der Waals surface area (Å²) >= 11 is 5.46. The number of aryl methyl sites for hydroxylation is 4. The van der Waals surface area contributed by atoms with Gasteiger partial charge in [-0.05, 0) is 145 Å². The number of aromatic amines is 1. The molecular formula is C61H57BBrIN4O7. The van der Waals surface area contributed by atoms with Crippen LogP contribution in [0.2, 0.25) is 0 Å². The molecule has 4 aromatic carbocycles. The van der Waals surface area contributed by atoms with Crippen LogP contribution in [0.1, 0.15) is 57.0 Å². The molecule has 0 saturated carbocycles. The van der Waals surface area contributed by atoms with E-state index in [0.717, 1.165) is 106 Å². The predicted octanol–water partition coefficient (Wildman–Crippen LogP) is 14.3. The van der Waals surface area contributed by atoms with E-state index in [1.807, 2.05) is 96.2 Å². The van der Waals surface area contributed by atoms with Gasteiger partial charge in [-0.3, -0.25) is 4.79 Å². The lowest BCUT2D eigenvalue weighted by molar-refractivity contribution is 0.426. The first-order chi connectivity index (χ1) is 36.4. The van der Waals surface area contributed by atoms with Crippen molar-refractivity contribution in [1.82, 2.24) is 19.9 Å². The number of nitrogens with zero attached hydrogens (tertiary/aromatic N) is 3. The van der Waals surface area contributed by atoms with E-state index < -0.39 is 7.12 Å². The van der Waals surface area contributed by atoms with Gasteiger partial charge in [-0.2, -0.15) is 0 Å². The average molecular weight is 1180 g/mol. The summed E-state index contributed by atoms with van der Waals surface area (Å²) in [5, 5.41) is 30.6. The monoisotopic (exact) mass is 1170 g/mol. The van der Waals surface area contributed by atoms with Crippen molar-refractivity contribution < 1.29 is 28.4 Å². The number of aromatic hydroxyl groups is 1. The minimum Gasteiger partial charge on any atom is -0.508 e. The minimum atomic E-state index is -1.40. The molecule has 0 bridgehead atoms. The Kier molecular flexibility index (Phi) is 21.8. The number of halogens is 2. The number of hydrogen-bond donors (Lipinski definition) is 4. The number of benzene rings is 4. The SMILES string of the molecule is C#CCC.CCc1cc2cccnc2o1.CCc1oc2ncccc2c1-c1ccc(-c2ccc(O)cc2)cc1.CCc1oc2ncccc2c1Br.Cc1ccc(-c2ccc(B(O)O)cc2)cc1.O=c1[nH]cccc1I. The Morgan fingerprint density at radius 3 is 1.61 bits per heavy atom. The number of hydrogen-bond acceptors (Lipinski definition) is 10. The Morgan fingerprint density at radius 2 is 1.12 bits per heavy atom. The van der Waals surface area contributed by atoms with Gasteiger partial charge in [0.25, 0.3) is 5.56 Å². The van der Waals surface area contributed by atoms with Gasteiger partial charge >= 0.3 is 7.12 Å². The lowest BCUT2D eigenvalue weighted by Gasteiger charge is -2.05. The molecule has 0 radical (unpaired) electrons. The van der Waals surface area contributed by atoms with Crippen LogP contribution in [0.4, 0.5) is 0 Å². The van der Waals surface area contributed by atoms with Crippen LogP contribution in [0.15, 0.2) is 199 Å². The lowest BCUT2D eigenvalue weighted by atomic mass is 9.80. The molecule has 0 aliphatic carbocycles. The number of fused-ring (bicyclic) bond motifs is 3. The maximum atomic E-state index is 10.6. The molecule has 11 rings (SSSR count). The molecule has 7 aromatic heterocycles. The van der Waals surface area contributed by atoms with Gasteiger partial charge in [0.2, 0.25) is 17.1 Å². The quantitative estimate of drug-likeness (QED) is 0.0684. The molecule has 0 unspecified atom stereocenters. The Labute approximate surface area is 459 Å². The van der Waals surface area contributed by atoms with Gasteiger partial charge in [0, 0.05) is 66.8 Å². The van der Waals surface area contributed by atoms with Gasteiger partial charge in [0.1, 0.15) is 23.0 Å². The third kappa shape index (κ3) is 16.0. The molecule has 380 valence electrons. The molecule has 0 atom stereocenters. The van der Waals surface area contributed by atoms with Crippen molar-refractivity contribution >= 4 is 84.4 Å². The van der Waals surface area contributed by atoms with Crippen molar-refractivity contribution in [1.29, 1.82) is 0 Å². The maximum absolute atomic E-state index is 10.6. The fraction of sp³-hybridized carbons (Fsp3) is 0.148. The minimum absolute atomic E-state index is 0.0203. The Morgan fingerprint density at radius 1 is 0.627 bits per heavy atom. The van der Waals surface area contributed by atoms with Gasteiger partial charge in [0.15, 0.2) is 0 Å². The highest BCUT2D eigenvalue weighted by molar-refractivity contribution is 14.1. The molecule has 0 fully saturated rings. The van der Waals surface area contributed by atoms with E-state index in [9.17, 15) is 9.90 Å². The molecule has 0 aliphatic rings. The largest absolute Gasteiger partial charge is 0.508 e. The highest BCUT2D eigenvalue weighted by Gasteiger charge is 2.16. The van der Waals surface area contributed by atoms with Gasteiger partial charge in [-0.25, -0.2) is 15.0 Å². The zero-order valence-electron chi connectivity index (χ0n) is 42.3. The van der Waals surface area contributed by atoms with E-state index in [-0.39, 0.29) is 11.3 Å². The second-order valence-electron chi connectivity index (χ2n) is 16.5. The maximum Gasteiger partial charge on any atom is 0.488 e. The number of phenols is 1. The zero-order chi connectivity index (χ0) is 53.7. The van der Waals surface area contributed by atoms with Crippen molar-refractivity contribution in [2.75, 3.05) is 0 Å². The van der Waals surface area contributed by atoms with Crippen LogP contribution in [0.5, 0.6) is 5.75 Å². The molecule has 75 heavy (non-hydrogen) atoms. The highest BCUT2D eigenvalue weighted by atomic mass is 127. The topological polar surface area (TPSA) is 172 Å². The highest BCUT2D eigenvalue weighted by Crippen LogP contribution is 2.36. The van der Waals surface area contributed by atoms with Crippen LogP contribution < -0.4 is 11.0 Å². The molecule has 11 nitrogen and oxygen atoms in total. The first-order valence-electron chi connectivity index (χ1n) is 24.3. The van der Waals surface area contributed by atoms with Gasteiger partial charge < -0.3 is 33.4 Å². The van der Waals surface area contributed by atoms with Gasteiger partial charge in [-0.15, -0.1) is 12.3 Å². The number of phenolic OH excluding ortho intramolecular Hbond substituents is 1.